The molecule has 1 aromatic carbocycles. The number of aryl methyl sites for hydroxylation is 1. The predicted octanol–water partition coefficient (Wildman–Crippen LogP) is 1.23. The summed E-state index contributed by atoms with van der Waals surface area (Å²) < 4.78 is 2.15. The SMILES string of the molecule is Cc1nccn1CCN1CCN(C(=O)c2cnn(-c3ccccc3)n2)CC1. The van der Waals surface area contributed by atoms with E-state index in [4.69, 9.17) is 0 Å². The van der Waals surface area contributed by atoms with Gasteiger partial charge in [0.25, 0.3) is 5.91 Å². The maximum Gasteiger partial charge on any atom is 0.276 e. The summed E-state index contributed by atoms with van der Waals surface area (Å²) in [6.45, 7) is 7.05. The lowest BCUT2D eigenvalue weighted by Gasteiger charge is -2.34. The Kier molecular flexibility index (Phi) is 4.97. The summed E-state index contributed by atoms with van der Waals surface area (Å²) >= 11 is 0. The first-order chi connectivity index (χ1) is 13.2. The van der Waals surface area contributed by atoms with Gasteiger partial charge in [0.2, 0.25) is 0 Å². The van der Waals surface area contributed by atoms with E-state index in [2.05, 4.69) is 24.6 Å². The van der Waals surface area contributed by atoms with E-state index in [1.54, 1.807) is 6.20 Å². The lowest BCUT2D eigenvalue weighted by Crippen LogP contribution is -2.49. The van der Waals surface area contributed by atoms with Crippen LogP contribution in [-0.4, -0.2) is 73.0 Å². The summed E-state index contributed by atoms with van der Waals surface area (Å²) in [6.07, 6.45) is 5.38. The third-order valence-electron chi connectivity index (χ3n) is 4.94. The molecule has 8 nitrogen and oxygen atoms in total. The lowest BCUT2D eigenvalue weighted by molar-refractivity contribution is 0.0627. The van der Waals surface area contributed by atoms with Crippen LogP contribution in [0.15, 0.2) is 48.9 Å². The summed E-state index contributed by atoms with van der Waals surface area (Å²) in [6, 6.07) is 9.60. The van der Waals surface area contributed by atoms with E-state index in [0.29, 0.717) is 18.8 Å². The van der Waals surface area contributed by atoms with E-state index >= 15 is 0 Å². The largest absolute Gasteiger partial charge is 0.335 e. The number of carbonyl (C=O) groups excluding carboxylic acids is 1. The minimum atomic E-state index is -0.0534. The van der Waals surface area contributed by atoms with Gasteiger partial charge >= 0.3 is 0 Å². The zero-order valence-electron chi connectivity index (χ0n) is 15.4. The number of para-hydroxylation sites is 1. The van der Waals surface area contributed by atoms with Crippen molar-refractivity contribution in [3.63, 3.8) is 0 Å². The molecule has 3 aromatic rings. The Balaban J connectivity index is 1.31. The second kappa shape index (κ2) is 7.71. The molecule has 1 aliphatic rings. The van der Waals surface area contributed by atoms with Crippen molar-refractivity contribution in [2.24, 2.45) is 0 Å². The molecule has 0 bridgehead atoms. The van der Waals surface area contributed by atoms with Gasteiger partial charge in [-0.05, 0) is 19.1 Å². The van der Waals surface area contributed by atoms with Crippen LogP contribution in [0.5, 0.6) is 0 Å². The summed E-state index contributed by atoms with van der Waals surface area (Å²) in [7, 11) is 0. The highest BCUT2D eigenvalue weighted by Gasteiger charge is 2.24. The van der Waals surface area contributed by atoms with Crippen LogP contribution in [0.2, 0.25) is 0 Å². The Morgan fingerprint density at radius 1 is 1.07 bits per heavy atom. The zero-order chi connectivity index (χ0) is 18.6. The molecule has 140 valence electrons. The quantitative estimate of drug-likeness (QED) is 0.680. The molecule has 0 aliphatic carbocycles. The number of rotatable bonds is 5. The van der Waals surface area contributed by atoms with Crippen molar-refractivity contribution in [2.75, 3.05) is 32.7 Å². The normalized spacial score (nSPS) is 15.2. The molecule has 1 amide bonds. The molecule has 1 saturated heterocycles. The number of nitrogens with zero attached hydrogens (tertiary/aromatic N) is 7. The number of amides is 1. The molecule has 0 atom stereocenters. The van der Waals surface area contributed by atoms with Gasteiger partial charge < -0.3 is 9.47 Å². The van der Waals surface area contributed by atoms with Crippen molar-refractivity contribution < 1.29 is 4.79 Å². The summed E-state index contributed by atoms with van der Waals surface area (Å²) in [4.78, 5) is 22.7. The van der Waals surface area contributed by atoms with E-state index in [0.717, 1.165) is 37.7 Å². The number of imidazole rings is 1. The molecule has 1 aliphatic heterocycles. The Morgan fingerprint density at radius 2 is 1.85 bits per heavy atom. The van der Waals surface area contributed by atoms with Crippen LogP contribution in [0.1, 0.15) is 16.3 Å². The van der Waals surface area contributed by atoms with Gasteiger partial charge in [-0.2, -0.15) is 9.90 Å². The maximum atomic E-state index is 12.7. The van der Waals surface area contributed by atoms with E-state index in [-0.39, 0.29) is 5.91 Å². The van der Waals surface area contributed by atoms with Gasteiger partial charge in [-0.25, -0.2) is 4.98 Å². The van der Waals surface area contributed by atoms with Gasteiger partial charge in [0.1, 0.15) is 5.82 Å². The van der Waals surface area contributed by atoms with Crippen LogP contribution in [-0.2, 0) is 6.54 Å². The number of benzene rings is 1. The molecule has 1 fully saturated rings. The molecular weight excluding hydrogens is 342 g/mol. The lowest BCUT2D eigenvalue weighted by atomic mass is 10.3. The standard InChI is InChI=1S/C19H23N7O/c1-16-20-7-8-24(16)12-9-23-10-13-25(14-11-23)19(27)18-15-21-26(22-18)17-5-3-2-4-6-17/h2-8,15H,9-14H2,1H3. The molecule has 4 rings (SSSR count). The third-order valence-corrected chi connectivity index (χ3v) is 4.94. The fourth-order valence-corrected chi connectivity index (χ4v) is 3.27. The Labute approximate surface area is 158 Å². The van der Waals surface area contributed by atoms with Gasteiger partial charge in [-0.1, -0.05) is 18.2 Å². The first-order valence-electron chi connectivity index (χ1n) is 9.18. The molecule has 0 spiro atoms. The molecule has 0 N–H and O–H groups in total. The Hall–Kier alpha value is -3.00. The molecule has 0 unspecified atom stereocenters. The number of aromatic nitrogens is 5. The van der Waals surface area contributed by atoms with Crippen molar-refractivity contribution in [2.45, 2.75) is 13.5 Å². The number of piperazine rings is 1. The van der Waals surface area contributed by atoms with Crippen molar-refractivity contribution in [3.05, 3.63) is 60.4 Å². The maximum absolute atomic E-state index is 12.7. The minimum Gasteiger partial charge on any atom is -0.335 e. The van der Waals surface area contributed by atoms with Gasteiger partial charge in [0.05, 0.1) is 11.9 Å². The van der Waals surface area contributed by atoms with Crippen molar-refractivity contribution in [3.8, 4) is 5.69 Å². The number of hydrogen-bond donors (Lipinski definition) is 0. The zero-order valence-corrected chi connectivity index (χ0v) is 15.4. The average molecular weight is 365 g/mol. The first kappa shape index (κ1) is 17.4. The molecular formula is C19H23N7O. The Morgan fingerprint density at radius 3 is 2.56 bits per heavy atom. The summed E-state index contributed by atoms with van der Waals surface area (Å²) in [5, 5.41) is 8.57. The predicted molar refractivity (Wildman–Crippen MR) is 101 cm³/mol. The highest BCUT2D eigenvalue weighted by atomic mass is 16.2. The minimum absolute atomic E-state index is 0.0534. The van der Waals surface area contributed by atoms with Gasteiger partial charge in [0.15, 0.2) is 5.69 Å². The second-order valence-electron chi connectivity index (χ2n) is 6.66. The van der Waals surface area contributed by atoms with E-state index in [1.807, 2.05) is 54.5 Å². The molecule has 0 saturated carbocycles. The fourth-order valence-electron chi connectivity index (χ4n) is 3.27. The summed E-state index contributed by atoms with van der Waals surface area (Å²) in [5.41, 5.74) is 1.23. The van der Waals surface area contributed by atoms with Crippen LogP contribution < -0.4 is 0 Å². The van der Waals surface area contributed by atoms with Gasteiger partial charge in [-0.3, -0.25) is 9.69 Å². The van der Waals surface area contributed by atoms with Crippen molar-refractivity contribution >= 4 is 5.91 Å². The highest BCUT2D eigenvalue weighted by Crippen LogP contribution is 2.09. The third kappa shape index (κ3) is 3.90. The average Bonchev–Trinajstić information content (AvgIpc) is 3.36. The first-order valence-corrected chi connectivity index (χ1v) is 9.18. The summed E-state index contributed by atoms with van der Waals surface area (Å²) in [5.74, 6) is 0.979. The highest BCUT2D eigenvalue weighted by molar-refractivity contribution is 5.92. The van der Waals surface area contributed by atoms with Crippen LogP contribution in [0.4, 0.5) is 0 Å². The molecule has 27 heavy (non-hydrogen) atoms. The number of carbonyl (C=O) groups is 1. The van der Waals surface area contributed by atoms with Crippen LogP contribution in [0, 0.1) is 6.92 Å². The van der Waals surface area contributed by atoms with Crippen molar-refractivity contribution in [1.82, 2.24) is 34.3 Å². The smallest absolute Gasteiger partial charge is 0.276 e. The van der Waals surface area contributed by atoms with Crippen LogP contribution in [0.3, 0.4) is 0 Å². The topological polar surface area (TPSA) is 72.1 Å². The second-order valence-corrected chi connectivity index (χ2v) is 6.66. The molecule has 3 heterocycles. The van der Waals surface area contributed by atoms with Gasteiger partial charge in [-0.15, -0.1) is 5.10 Å². The Bertz CT molecular complexity index is 894. The van der Waals surface area contributed by atoms with Crippen LogP contribution >= 0.6 is 0 Å². The van der Waals surface area contributed by atoms with E-state index in [1.165, 1.54) is 4.80 Å². The number of hydrogen-bond acceptors (Lipinski definition) is 5. The molecule has 2 aromatic heterocycles. The van der Waals surface area contributed by atoms with E-state index < -0.39 is 0 Å². The van der Waals surface area contributed by atoms with Crippen molar-refractivity contribution in [1.29, 1.82) is 0 Å². The monoisotopic (exact) mass is 365 g/mol. The fraction of sp³-hybridized carbons (Fsp3) is 0.368. The molecule has 0 radical (unpaired) electrons. The van der Waals surface area contributed by atoms with Crippen LogP contribution in [0.25, 0.3) is 5.69 Å². The molecule has 8 heteroatoms. The van der Waals surface area contributed by atoms with E-state index in [9.17, 15) is 4.79 Å². The van der Waals surface area contributed by atoms with Gasteiger partial charge in [0, 0.05) is 51.7 Å².